The Labute approximate surface area is 223 Å². The topological polar surface area (TPSA) is 82.2 Å². The largest absolute Gasteiger partial charge is 0.416 e. The normalized spacial score (nSPS) is 16.4. The highest BCUT2D eigenvalue weighted by Crippen LogP contribution is 2.37. The first-order valence-electron chi connectivity index (χ1n) is 12.1. The van der Waals surface area contributed by atoms with Crippen LogP contribution in [0.25, 0.3) is 10.9 Å². The van der Waals surface area contributed by atoms with E-state index in [0.29, 0.717) is 12.1 Å². The van der Waals surface area contributed by atoms with E-state index < -0.39 is 46.9 Å². The number of halogens is 6. The molecule has 0 saturated carbocycles. The minimum atomic E-state index is -5.10. The molecule has 7 nitrogen and oxygen atoms in total. The number of aromatic nitrogens is 3. The number of amides is 2. The molecule has 4 aromatic rings. The first-order chi connectivity index (χ1) is 18.9. The summed E-state index contributed by atoms with van der Waals surface area (Å²) in [6, 6.07) is 7.41. The molecule has 2 aromatic carbocycles. The number of H-pyrrole nitrogens is 1. The lowest BCUT2D eigenvalue weighted by Crippen LogP contribution is -2.57. The molecule has 1 N–H and O–H groups in total. The predicted octanol–water partition coefficient (Wildman–Crippen LogP) is 5.21. The van der Waals surface area contributed by atoms with Crippen molar-refractivity contribution in [1.82, 2.24) is 24.8 Å². The monoisotopic (exact) mass is 561 g/mol. The van der Waals surface area contributed by atoms with Crippen molar-refractivity contribution in [3.8, 4) is 0 Å². The summed E-state index contributed by atoms with van der Waals surface area (Å²) in [5, 5.41) is 0.839. The molecule has 2 aromatic heterocycles. The van der Waals surface area contributed by atoms with E-state index in [-0.39, 0.29) is 37.8 Å². The van der Waals surface area contributed by atoms with E-state index in [4.69, 9.17) is 0 Å². The Morgan fingerprint density at radius 2 is 1.62 bits per heavy atom. The molecular formula is C27H21F6N5O2. The van der Waals surface area contributed by atoms with Gasteiger partial charge in [-0.25, -0.2) is 4.98 Å². The van der Waals surface area contributed by atoms with Crippen LogP contribution in [0.5, 0.6) is 0 Å². The van der Waals surface area contributed by atoms with Gasteiger partial charge in [0, 0.05) is 54.7 Å². The van der Waals surface area contributed by atoms with E-state index in [1.165, 1.54) is 28.4 Å². The Morgan fingerprint density at radius 3 is 2.27 bits per heavy atom. The summed E-state index contributed by atoms with van der Waals surface area (Å²) in [5.41, 5.74) is -2.23. The number of hydrogen-bond acceptors (Lipinski definition) is 4. The molecule has 1 aliphatic rings. The fraction of sp³-hybridized carbons (Fsp3) is 0.259. The molecule has 5 rings (SSSR count). The molecular weight excluding hydrogens is 540 g/mol. The number of nitrogens with zero attached hydrogens (tertiary/aromatic N) is 4. The summed E-state index contributed by atoms with van der Waals surface area (Å²) in [6.45, 7) is -0.141. The van der Waals surface area contributed by atoms with Crippen molar-refractivity contribution in [3.05, 3.63) is 95.2 Å². The van der Waals surface area contributed by atoms with Gasteiger partial charge in [-0.2, -0.15) is 26.3 Å². The van der Waals surface area contributed by atoms with Gasteiger partial charge >= 0.3 is 12.4 Å². The van der Waals surface area contributed by atoms with Crippen LogP contribution in [0.1, 0.15) is 37.5 Å². The third kappa shape index (κ3) is 5.49. The maximum atomic E-state index is 13.6. The van der Waals surface area contributed by atoms with Crippen molar-refractivity contribution >= 4 is 22.7 Å². The zero-order chi connectivity index (χ0) is 28.7. The van der Waals surface area contributed by atoms with Crippen LogP contribution in [0, 0.1) is 0 Å². The van der Waals surface area contributed by atoms with E-state index >= 15 is 0 Å². The molecule has 1 atom stereocenters. The van der Waals surface area contributed by atoms with Crippen LogP contribution in [0.4, 0.5) is 26.3 Å². The number of fused-ring (bicyclic) bond motifs is 1. The van der Waals surface area contributed by atoms with Crippen LogP contribution in [0.2, 0.25) is 0 Å². The van der Waals surface area contributed by atoms with E-state index in [1.54, 1.807) is 6.20 Å². The van der Waals surface area contributed by atoms with Gasteiger partial charge in [-0.1, -0.05) is 18.2 Å². The Hall–Kier alpha value is -4.42. The van der Waals surface area contributed by atoms with Crippen molar-refractivity contribution in [2.75, 3.05) is 19.6 Å². The Morgan fingerprint density at radius 1 is 0.925 bits per heavy atom. The SMILES string of the molecule is O=C(c1cnccn1)N1CCN(C(=O)c2cc(C(F)(F)F)cc(C(F)(F)F)c2)[C@H](Cc2c[nH]c3ccccc23)C1. The number of alkyl halides is 6. The minimum absolute atomic E-state index is 0.00335. The molecule has 3 heterocycles. The zero-order valence-corrected chi connectivity index (χ0v) is 20.6. The average molecular weight is 561 g/mol. The average Bonchev–Trinajstić information content (AvgIpc) is 3.34. The summed E-state index contributed by atoms with van der Waals surface area (Å²) in [6.07, 6.45) is -4.24. The second-order valence-electron chi connectivity index (χ2n) is 9.35. The highest BCUT2D eigenvalue weighted by Gasteiger charge is 2.39. The minimum Gasteiger partial charge on any atom is -0.361 e. The van der Waals surface area contributed by atoms with Gasteiger partial charge in [0.15, 0.2) is 0 Å². The summed E-state index contributed by atoms with van der Waals surface area (Å²) < 4.78 is 80.8. The molecule has 13 heteroatoms. The van der Waals surface area contributed by atoms with Gasteiger partial charge in [0.25, 0.3) is 11.8 Å². The van der Waals surface area contributed by atoms with Crippen molar-refractivity contribution in [3.63, 3.8) is 0 Å². The Kier molecular flexibility index (Phi) is 6.98. The standard InChI is InChI=1S/C27H21F6N5O2/c28-26(29,30)18-9-16(10-19(12-18)27(31,32)33)24(39)38-8-7-37(25(40)23-14-34-5-6-35-23)15-20(38)11-17-13-36-22-4-2-1-3-21(17)22/h1-6,9-10,12-14,20,36H,7-8,11,15H2/t20-/m1/s1. The van der Waals surface area contributed by atoms with Crippen LogP contribution in [-0.2, 0) is 18.8 Å². The lowest BCUT2D eigenvalue weighted by Gasteiger charge is -2.41. The number of nitrogens with one attached hydrogen (secondary N) is 1. The molecule has 40 heavy (non-hydrogen) atoms. The highest BCUT2D eigenvalue weighted by molar-refractivity contribution is 5.96. The number of rotatable bonds is 4. The second-order valence-corrected chi connectivity index (χ2v) is 9.35. The smallest absolute Gasteiger partial charge is 0.361 e. The maximum absolute atomic E-state index is 13.6. The van der Waals surface area contributed by atoms with Gasteiger partial charge in [-0.05, 0) is 36.2 Å². The molecule has 0 radical (unpaired) electrons. The van der Waals surface area contributed by atoms with Gasteiger partial charge in [0.05, 0.1) is 23.4 Å². The molecule has 0 unspecified atom stereocenters. The van der Waals surface area contributed by atoms with E-state index in [0.717, 1.165) is 16.5 Å². The van der Waals surface area contributed by atoms with E-state index in [1.807, 2.05) is 24.3 Å². The molecule has 1 fully saturated rings. The molecule has 0 bridgehead atoms. The third-order valence-electron chi connectivity index (χ3n) is 6.78. The number of benzene rings is 2. The van der Waals surface area contributed by atoms with Crippen molar-refractivity contribution < 1.29 is 35.9 Å². The summed E-state index contributed by atoms with van der Waals surface area (Å²) in [7, 11) is 0. The third-order valence-corrected chi connectivity index (χ3v) is 6.78. The van der Waals surface area contributed by atoms with Gasteiger partial charge in [-0.3, -0.25) is 14.6 Å². The van der Waals surface area contributed by atoms with Crippen LogP contribution in [0.3, 0.4) is 0 Å². The van der Waals surface area contributed by atoms with E-state index in [9.17, 15) is 35.9 Å². The number of piperazine rings is 1. The molecule has 0 spiro atoms. The quantitative estimate of drug-likeness (QED) is 0.347. The second kappa shape index (κ2) is 10.3. The molecule has 0 aliphatic carbocycles. The first kappa shape index (κ1) is 27.2. The number of para-hydroxylation sites is 1. The molecule has 2 amide bonds. The number of carbonyl (C=O) groups is 2. The number of aromatic amines is 1. The van der Waals surface area contributed by atoms with Gasteiger partial charge in [-0.15, -0.1) is 0 Å². The zero-order valence-electron chi connectivity index (χ0n) is 20.6. The van der Waals surface area contributed by atoms with Crippen LogP contribution < -0.4 is 0 Å². The van der Waals surface area contributed by atoms with Gasteiger partial charge in [0.2, 0.25) is 0 Å². The molecule has 1 aliphatic heterocycles. The highest BCUT2D eigenvalue weighted by atomic mass is 19.4. The molecule has 208 valence electrons. The lowest BCUT2D eigenvalue weighted by molar-refractivity contribution is -0.143. The number of hydrogen-bond donors (Lipinski definition) is 1. The summed E-state index contributed by atoms with van der Waals surface area (Å²) in [5.74, 6) is -1.45. The van der Waals surface area contributed by atoms with Crippen molar-refractivity contribution in [2.24, 2.45) is 0 Å². The maximum Gasteiger partial charge on any atom is 0.416 e. The molecule has 1 saturated heterocycles. The van der Waals surface area contributed by atoms with E-state index in [2.05, 4.69) is 15.0 Å². The van der Waals surface area contributed by atoms with Crippen LogP contribution in [-0.4, -0.2) is 62.2 Å². The van der Waals surface area contributed by atoms with Gasteiger partial charge in [0.1, 0.15) is 5.69 Å². The van der Waals surface area contributed by atoms with Crippen molar-refractivity contribution in [2.45, 2.75) is 24.8 Å². The summed E-state index contributed by atoms with van der Waals surface area (Å²) >= 11 is 0. The lowest BCUT2D eigenvalue weighted by atomic mass is 9.98. The summed E-state index contributed by atoms with van der Waals surface area (Å²) in [4.78, 5) is 40.3. The van der Waals surface area contributed by atoms with Crippen molar-refractivity contribution in [1.29, 1.82) is 0 Å². The van der Waals surface area contributed by atoms with Gasteiger partial charge < -0.3 is 14.8 Å². The fourth-order valence-electron chi connectivity index (χ4n) is 4.85. The Bertz CT molecular complexity index is 1520. The van der Waals surface area contributed by atoms with Crippen LogP contribution >= 0.6 is 0 Å². The van der Waals surface area contributed by atoms with Crippen LogP contribution in [0.15, 0.2) is 67.3 Å². The Balaban J connectivity index is 1.51. The predicted molar refractivity (Wildman–Crippen MR) is 131 cm³/mol. The fourth-order valence-corrected chi connectivity index (χ4v) is 4.85. The first-order valence-corrected chi connectivity index (χ1v) is 12.1. The number of carbonyl (C=O) groups excluding carboxylic acids is 2.